The summed E-state index contributed by atoms with van der Waals surface area (Å²) in [6, 6.07) is -0.0610. The average Bonchev–Trinajstić information content (AvgIpc) is 2.67. The lowest BCUT2D eigenvalue weighted by molar-refractivity contribution is -0.0250. The van der Waals surface area contributed by atoms with E-state index in [1.165, 1.54) is 6.42 Å². The fraction of sp³-hybridized carbons (Fsp3) is 0.923. The molecule has 2 fully saturated rings. The topological polar surface area (TPSA) is 61.8 Å². The van der Waals surface area contributed by atoms with Gasteiger partial charge in [-0.15, -0.1) is 0 Å². The minimum atomic E-state index is -0.906. The molecule has 0 aromatic heterocycles. The van der Waals surface area contributed by atoms with Crippen molar-refractivity contribution in [2.24, 2.45) is 5.92 Å². The molecule has 2 aliphatic rings. The van der Waals surface area contributed by atoms with Crippen molar-refractivity contribution in [1.82, 2.24) is 10.2 Å². The van der Waals surface area contributed by atoms with E-state index in [1.807, 2.05) is 11.8 Å². The number of nitrogens with zero attached hydrogens (tertiary/aromatic N) is 1. The Hall–Kier alpha value is -0.810. The molecule has 0 spiro atoms. The van der Waals surface area contributed by atoms with E-state index >= 15 is 0 Å². The summed E-state index contributed by atoms with van der Waals surface area (Å²) >= 11 is 0. The fourth-order valence-corrected chi connectivity index (χ4v) is 2.72. The first-order chi connectivity index (χ1) is 8.51. The normalized spacial score (nSPS) is 36.7. The van der Waals surface area contributed by atoms with Gasteiger partial charge in [0, 0.05) is 26.1 Å². The maximum Gasteiger partial charge on any atom is 0.317 e. The Morgan fingerprint density at radius 2 is 2.33 bits per heavy atom. The Balaban J connectivity index is 1.81. The molecule has 0 saturated carbocycles. The fourth-order valence-electron chi connectivity index (χ4n) is 2.72. The lowest BCUT2D eigenvalue weighted by Gasteiger charge is -2.33. The molecule has 2 aliphatic heterocycles. The average molecular weight is 256 g/mol. The molecule has 2 heterocycles. The zero-order valence-electron chi connectivity index (χ0n) is 11.3. The molecule has 0 aromatic rings. The highest BCUT2D eigenvalue weighted by molar-refractivity contribution is 5.74. The first-order valence-corrected chi connectivity index (χ1v) is 6.88. The van der Waals surface area contributed by atoms with Crippen LogP contribution in [0, 0.1) is 5.92 Å². The summed E-state index contributed by atoms with van der Waals surface area (Å²) in [5, 5.41) is 13.1. The van der Waals surface area contributed by atoms with Crippen LogP contribution in [-0.4, -0.2) is 54.0 Å². The molecule has 5 heteroatoms. The van der Waals surface area contributed by atoms with Gasteiger partial charge in [0.1, 0.15) is 5.60 Å². The molecule has 18 heavy (non-hydrogen) atoms. The first-order valence-electron chi connectivity index (χ1n) is 6.88. The van der Waals surface area contributed by atoms with Crippen molar-refractivity contribution in [3.8, 4) is 0 Å². The van der Waals surface area contributed by atoms with Crippen molar-refractivity contribution in [2.75, 3.05) is 26.2 Å². The summed E-state index contributed by atoms with van der Waals surface area (Å²) in [4.78, 5) is 13.9. The van der Waals surface area contributed by atoms with Gasteiger partial charge in [0.05, 0.1) is 12.6 Å². The van der Waals surface area contributed by atoms with Crippen molar-refractivity contribution in [3.63, 3.8) is 0 Å². The molecule has 2 N–H and O–H groups in total. The van der Waals surface area contributed by atoms with Gasteiger partial charge < -0.3 is 20.1 Å². The summed E-state index contributed by atoms with van der Waals surface area (Å²) < 4.78 is 5.35. The van der Waals surface area contributed by atoms with E-state index in [1.54, 1.807) is 0 Å². The monoisotopic (exact) mass is 256 g/mol. The van der Waals surface area contributed by atoms with Crippen LogP contribution < -0.4 is 5.32 Å². The standard InChI is InChI=1S/C13H24N2O3/c1-10-4-3-6-15(8-10)12(16)14-9-13(17)5-7-18-11(13)2/h10-11,17H,3-9H2,1-2H3,(H,14,16). The molecular formula is C13H24N2O3. The van der Waals surface area contributed by atoms with Crippen molar-refractivity contribution in [2.45, 2.75) is 44.8 Å². The minimum absolute atomic E-state index is 0.0610. The number of piperidine rings is 1. The van der Waals surface area contributed by atoms with Crippen LogP contribution in [0.4, 0.5) is 4.79 Å². The number of ether oxygens (including phenoxy) is 1. The molecule has 2 amide bonds. The highest BCUT2D eigenvalue weighted by Gasteiger charge is 2.40. The van der Waals surface area contributed by atoms with Crippen LogP contribution in [0.3, 0.4) is 0 Å². The third-order valence-corrected chi connectivity index (χ3v) is 4.15. The number of urea groups is 1. The molecule has 0 aliphatic carbocycles. The highest BCUT2D eigenvalue weighted by Crippen LogP contribution is 2.25. The number of aliphatic hydroxyl groups is 1. The number of rotatable bonds is 2. The van der Waals surface area contributed by atoms with Gasteiger partial charge in [0.25, 0.3) is 0 Å². The Kier molecular flexibility index (Phi) is 4.12. The number of likely N-dealkylation sites (tertiary alicyclic amines) is 1. The van der Waals surface area contributed by atoms with Gasteiger partial charge in [-0.05, 0) is 25.7 Å². The van der Waals surface area contributed by atoms with Crippen molar-refractivity contribution < 1.29 is 14.6 Å². The Morgan fingerprint density at radius 1 is 1.56 bits per heavy atom. The Morgan fingerprint density at radius 3 is 2.94 bits per heavy atom. The van der Waals surface area contributed by atoms with E-state index in [-0.39, 0.29) is 18.7 Å². The van der Waals surface area contributed by atoms with E-state index < -0.39 is 5.60 Å². The maximum atomic E-state index is 12.0. The van der Waals surface area contributed by atoms with Gasteiger partial charge in [-0.1, -0.05) is 6.92 Å². The second kappa shape index (κ2) is 5.45. The van der Waals surface area contributed by atoms with Crippen LogP contribution in [0.5, 0.6) is 0 Å². The van der Waals surface area contributed by atoms with E-state index in [9.17, 15) is 9.90 Å². The number of amides is 2. The number of hydrogen-bond donors (Lipinski definition) is 2. The summed E-state index contributed by atoms with van der Waals surface area (Å²) in [6.45, 7) is 6.49. The Bertz CT molecular complexity index is 311. The lowest BCUT2D eigenvalue weighted by atomic mass is 9.97. The molecular weight excluding hydrogens is 232 g/mol. The summed E-state index contributed by atoms with van der Waals surface area (Å²) in [5.74, 6) is 0.571. The minimum Gasteiger partial charge on any atom is -0.385 e. The summed E-state index contributed by atoms with van der Waals surface area (Å²) in [7, 11) is 0. The van der Waals surface area contributed by atoms with Crippen LogP contribution in [-0.2, 0) is 4.74 Å². The quantitative estimate of drug-likeness (QED) is 0.774. The molecule has 3 unspecified atom stereocenters. The van der Waals surface area contributed by atoms with Crippen molar-refractivity contribution >= 4 is 6.03 Å². The third-order valence-electron chi connectivity index (χ3n) is 4.15. The lowest BCUT2D eigenvalue weighted by Crippen LogP contribution is -2.52. The third kappa shape index (κ3) is 2.95. The second-order valence-electron chi connectivity index (χ2n) is 5.72. The van der Waals surface area contributed by atoms with E-state index in [4.69, 9.17) is 4.74 Å². The molecule has 104 valence electrons. The number of nitrogens with one attached hydrogen (secondary N) is 1. The van der Waals surface area contributed by atoms with E-state index in [0.29, 0.717) is 18.9 Å². The predicted molar refractivity (Wildman–Crippen MR) is 68.4 cm³/mol. The highest BCUT2D eigenvalue weighted by atomic mass is 16.5. The van der Waals surface area contributed by atoms with Crippen LogP contribution >= 0.6 is 0 Å². The van der Waals surface area contributed by atoms with Gasteiger partial charge in [-0.3, -0.25) is 0 Å². The van der Waals surface area contributed by atoms with Crippen LogP contribution in [0.15, 0.2) is 0 Å². The smallest absolute Gasteiger partial charge is 0.317 e. The van der Waals surface area contributed by atoms with Gasteiger partial charge in [0.2, 0.25) is 0 Å². The first kappa shape index (κ1) is 13.6. The summed E-state index contributed by atoms with van der Waals surface area (Å²) in [5.41, 5.74) is -0.906. The van der Waals surface area contributed by atoms with Crippen LogP contribution in [0.1, 0.15) is 33.1 Å². The molecule has 2 saturated heterocycles. The number of carbonyl (C=O) groups excluding carboxylic acids is 1. The van der Waals surface area contributed by atoms with Crippen molar-refractivity contribution in [1.29, 1.82) is 0 Å². The predicted octanol–water partition coefficient (Wildman–Crippen LogP) is 0.968. The number of hydrogen-bond acceptors (Lipinski definition) is 3. The van der Waals surface area contributed by atoms with Crippen LogP contribution in [0.25, 0.3) is 0 Å². The largest absolute Gasteiger partial charge is 0.385 e. The molecule has 0 aromatic carbocycles. The van der Waals surface area contributed by atoms with Crippen molar-refractivity contribution in [3.05, 3.63) is 0 Å². The maximum absolute atomic E-state index is 12.0. The second-order valence-corrected chi connectivity index (χ2v) is 5.72. The van der Waals surface area contributed by atoms with Gasteiger partial charge in [-0.25, -0.2) is 4.79 Å². The molecule has 0 radical (unpaired) electrons. The molecule has 0 bridgehead atoms. The van der Waals surface area contributed by atoms with E-state index in [0.717, 1.165) is 19.5 Å². The zero-order valence-corrected chi connectivity index (χ0v) is 11.3. The summed E-state index contributed by atoms with van der Waals surface area (Å²) in [6.07, 6.45) is 2.64. The molecule has 3 atom stereocenters. The molecule has 2 rings (SSSR count). The van der Waals surface area contributed by atoms with Gasteiger partial charge in [-0.2, -0.15) is 0 Å². The molecule has 5 nitrogen and oxygen atoms in total. The van der Waals surface area contributed by atoms with Gasteiger partial charge in [0.15, 0.2) is 0 Å². The van der Waals surface area contributed by atoms with E-state index in [2.05, 4.69) is 12.2 Å². The SMILES string of the molecule is CC1CCCN(C(=O)NCC2(O)CCOC2C)C1. The Labute approximate surface area is 108 Å². The van der Waals surface area contributed by atoms with Crippen LogP contribution in [0.2, 0.25) is 0 Å². The number of carbonyl (C=O) groups is 1. The van der Waals surface area contributed by atoms with Gasteiger partial charge >= 0.3 is 6.03 Å². The zero-order chi connectivity index (χ0) is 13.2.